The number of carbonyl (C=O) groups is 1. The molecule has 1 aliphatic heterocycles. The number of piperidine rings is 1. The Bertz CT molecular complexity index is 1240. The molecule has 1 N–H and O–H groups in total. The van der Waals surface area contributed by atoms with Gasteiger partial charge in [0.25, 0.3) is 0 Å². The summed E-state index contributed by atoms with van der Waals surface area (Å²) in [6.45, 7) is 1.83. The summed E-state index contributed by atoms with van der Waals surface area (Å²) in [7, 11) is 1.52. The summed E-state index contributed by atoms with van der Waals surface area (Å²) in [5.41, 5.74) is 0.477. The topological polar surface area (TPSA) is 62.7 Å². The van der Waals surface area contributed by atoms with E-state index >= 15 is 4.39 Å². The minimum Gasteiger partial charge on any atom is -0.497 e. The molecule has 9 heteroatoms. The minimum absolute atomic E-state index is 0.0213. The van der Waals surface area contributed by atoms with Crippen LogP contribution in [-0.4, -0.2) is 47.7 Å². The van der Waals surface area contributed by atoms with Crippen LogP contribution in [0.1, 0.15) is 49.4 Å². The van der Waals surface area contributed by atoms with Gasteiger partial charge in [-0.3, -0.25) is 9.78 Å². The van der Waals surface area contributed by atoms with E-state index in [-0.39, 0.29) is 17.9 Å². The molecule has 1 atom stereocenters. The summed E-state index contributed by atoms with van der Waals surface area (Å²) >= 11 is 6.33. The average molecular weight is 535 g/mol. The number of carboxylic acids is 1. The Morgan fingerprint density at radius 2 is 1.89 bits per heavy atom. The maximum Gasteiger partial charge on any atom is 0.309 e. The summed E-state index contributed by atoms with van der Waals surface area (Å²) in [6.07, 6.45) is 2.21. The summed E-state index contributed by atoms with van der Waals surface area (Å²) in [4.78, 5) is 18.7. The van der Waals surface area contributed by atoms with Crippen molar-refractivity contribution in [3.05, 3.63) is 70.4 Å². The standard InChI is InChI=1S/C28H30ClF3N2O3/c1-37-21-4-5-25-22(16-21)26(23(29)17-33-25)24(32)6-7-28(27(35)36)8-11-34(12-9-28)10-2-3-18-13-19(30)15-20(31)14-18/h4-5,13-17,24H,2-3,6-12H2,1H3,(H,35,36). The number of aryl methyl sites for hydroxylation is 1. The van der Waals surface area contributed by atoms with Crippen LogP contribution in [-0.2, 0) is 11.2 Å². The van der Waals surface area contributed by atoms with Crippen LogP contribution < -0.4 is 4.74 Å². The van der Waals surface area contributed by atoms with E-state index in [9.17, 15) is 18.7 Å². The van der Waals surface area contributed by atoms with Crippen molar-refractivity contribution in [1.29, 1.82) is 0 Å². The zero-order chi connectivity index (χ0) is 26.6. The number of ether oxygens (including phenoxy) is 1. The van der Waals surface area contributed by atoms with Crippen molar-refractivity contribution in [2.75, 3.05) is 26.7 Å². The minimum atomic E-state index is -1.45. The van der Waals surface area contributed by atoms with E-state index in [1.54, 1.807) is 18.2 Å². The summed E-state index contributed by atoms with van der Waals surface area (Å²) in [5.74, 6) is -1.54. The first-order valence-corrected chi connectivity index (χ1v) is 12.8. The Morgan fingerprint density at radius 3 is 2.54 bits per heavy atom. The molecule has 4 rings (SSSR count). The highest BCUT2D eigenvalue weighted by atomic mass is 35.5. The summed E-state index contributed by atoms with van der Waals surface area (Å²) < 4.78 is 47.7. The molecule has 2 heterocycles. The van der Waals surface area contributed by atoms with Crippen molar-refractivity contribution in [1.82, 2.24) is 9.88 Å². The number of aliphatic carboxylic acids is 1. The number of nitrogens with zero attached hydrogens (tertiary/aromatic N) is 2. The molecule has 2 aromatic carbocycles. The molecular formula is C28H30ClF3N2O3. The predicted molar refractivity (Wildman–Crippen MR) is 137 cm³/mol. The van der Waals surface area contributed by atoms with Crippen molar-refractivity contribution >= 4 is 28.5 Å². The van der Waals surface area contributed by atoms with E-state index in [1.165, 1.54) is 25.4 Å². The Kier molecular flexibility index (Phi) is 8.60. The number of hydrogen-bond acceptors (Lipinski definition) is 4. The highest BCUT2D eigenvalue weighted by molar-refractivity contribution is 6.32. The lowest BCUT2D eigenvalue weighted by Crippen LogP contribution is -2.44. The van der Waals surface area contributed by atoms with Crippen LogP contribution in [0, 0.1) is 17.0 Å². The predicted octanol–water partition coefficient (Wildman–Crippen LogP) is 6.77. The van der Waals surface area contributed by atoms with E-state index < -0.39 is 29.2 Å². The molecule has 198 valence electrons. The van der Waals surface area contributed by atoms with Crippen molar-refractivity contribution < 1.29 is 27.8 Å². The molecule has 0 saturated carbocycles. The number of aromatic nitrogens is 1. The second kappa shape index (κ2) is 11.7. The van der Waals surface area contributed by atoms with Crippen LogP contribution in [0.4, 0.5) is 13.2 Å². The zero-order valence-corrected chi connectivity index (χ0v) is 21.4. The first-order chi connectivity index (χ1) is 17.7. The van der Waals surface area contributed by atoms with Gasteiger partial charge in [0.05, 0.1) is 23.1 Å². The number of alkyl halides is 1. The van der Waals surface area contributed by atoms with Crippen LogP contribution in [0.2, 0.25) is 5.02 Å². The molecule has 0 radical (unpaired) electrons. The number of rotatable bonds is 10. The number of fused-ring (bicyclic) bond motifs is 1. The lowest BCUT2D eigenvalue weighted by Gasteiger charge is -2.39. The van der Waals surface area contributed by atoms with Crippen molar-refractivity contribution in [3.63, 3.8) is 0 Å². The van der Waals surface area contributed by atoms with Gasteiger partial charge in [0.15, 0.2) is 0 Å². The third kappa shape index (κ3) is 6.36. The van der Waals surface area contributed by atoms with Gasteiger partial charge in [0.1, 0.15) is 23.6 Å². The number of benzene rings is 2. The van der Waals surface area contributed by atoms with E-state index in [1.807, 2.05) is 0 Å². The fraction of sp³-hybridized carbons (Fsp3) is 0.429. The second-order valence-corrected chi connectivity index (χ2v) is 10.1. The molecule has 1 unspecified atom stereocenters. The van der Waals surface area contributed by atoms with Crippen molar-refractivity contribution in [3.8, 4) is 5.75 Å². The van der Waals surface area contributed by atoms with E-state index in [2.05, 4.69) is 9.88 Å². The largest absolute Gasteiger partial charge is 0.497 e. The molecule has 1 aromatic heterocycles. The van der Waals surface area contributed by atoms with Gasteiger partial charge in [-0.15, -0.1) is 0 Å². The van der Waals surface area contributed by atoms with Gasteiger partial charge in [-0.05, 0) is 94.1 Å². The van der Waals surface area contributed by atoms with Gasteiger partial charge < -0.3 is 14.7 Å². The summed E-state index contributed by atoms with van der Waals surface area (Å²) in [6, 6.07) is 8.68. The lowest BCUT2D eigenvalue weighted by atomic mass is 9.74. The number of pyridine rings is 1. The number of hydrogen-bond donors (Lipinski definition) is 1. The Balaban J connectivity index is 1.37. The Hall–Kier alpha value is -2.84. The van der Waals surface area contributed by atoms with Gasteiger partial charge in [-0.2, -0.15) is 0 Å². The Labute approximate surface area is 219 Å². The monoisotopic (exact) mass is 534 g/mol. The fourth-order valence-corrected chi connectivity index (χ4v) is 5.47. The van der Waals surface area contributed by atoms with E-state index in [4.69, 9.17) is 16.3 Å². The van der Waals surface area contributed by atoms with Gasteiger partial charge >= 0.3 is 5.97 Å². The average Bonchev–Trinajstić information content (AvgIpc) is 2.87. The van der Waals surface area contributed by atoms with Gasteiger partial charge in [0, 0.05) is 23.2 Å². The molecule has 0 aliphatic carbocycles. The Morgan fingerprint density at radius 1 is 1.19 bits per heavy atom. The third-order valence-corrected chi connectivity index (χ3v) is 7.69. The highest BCUT2D eigenvalue weighted by Gasteiger charge is 2.41. The van der Waals surface area contributed by atoms with Crippen LogP contribution >= 0.6 is 11.6 Å². The van der Waals surface area contributed by atoms with E-state index in [0.29, 0.717) is 73.1 Å². The van der Waals surface area contributed by atoms with Crippen molar-refractivity contribution in [2.45, 2.75) is 44.7 Å². The molecular weight excluding hydrogens is 505 g/mol. The number of methoxy groups -OCH3 is 1. The SMILES string of the molecule is COc1ccc2ncc(Cl)c(C(F)CCC3(C(=O)O)CCN(CCCc4cc(F)cc(F)c4)CC3)c2c1. The molecule has 0 bridgehead atoms. The van der Waals surface area contributed by atoms with Crippen LogP contribution in [0.25, 0.3) is 10.9 Å². The highest BCUT2D eigenvalue weighted by Crippen LogP contribution is 2.42. The maximum atomic E-state index is 15.6. The lowest BCUT2D eigenvalue weighted by molar-refractivity contribution is -0.153. The van der Waals surface area contributed by atoms with Crippen LogP contribution in [0.5, 0.6) is 5.75 Å². The molecule has 1 saturated heterocycles. The van der Waals surface area contributed by atoms with Gasteiger partial charge in [-0.1, -0.05) is 11.6 Å². The molecule has 0 amide bonds. The number of halogens is 4. The summed E-state index contributed by atoms with van der Waals surface area (Å²) in [5, 5.41) is 10.8. The molecule has 1 fully saturated rings. The van der Waals surface area contributed by atoms with Gasteiger partial charge in [-0.25, -0.2) is 13.2 Å². The van der Waals surface area contributed by atoms with Crippen LogP contribution in [0.3, 0.4) is 0 Å². The van der Waals surface area contributed by atoms with Crippen molar-refractivity contribution in [2.24, 2.45) is 5.41 Å². The number of likely N-dealkylation sites (tertiary alicyclic amines) is 1. The first-order valence-electron chi connectivity index (χ1n) is 12.4. The smallest absolute Gasteiger partial charge is 0.309 e. The number of carboxylic acid groups (broad SMARTS) is 1. The van der Waals surface area contributed by atoms with Crippen LogP contribution in [0.15, 0.2) is 42.6 Å². The first kappa shape index (κ1) is 27.2. The molecule has 3 aromatic rings. The normalized spacial score (nSPS) is 16.6. The van der Waals surface area contributed by atoms with E-state index in [0.717, 1.165) is 6.07 Å². The molecule has 37 heavy (non-hydrogen) atoms. The zero-order valence-electron chi connectivity index (χ0n) is 20.7. The molecule has 5 nitrogen and oxygen atoms in total. The molecule has 1 aliphatic rings. The third-order valence-electron chi connectivity index (χ3n) is 7.39. The quantitative estimate of drug-likeness (QED) is 0.311. The molecule has 0 spiro atoms. The van der Waals surface area contributed by atoms with Gasteiger partial charge in [0.2, 0.25) is 0 Å². The maximum absolute atomic E-state index is 15.6. The fourth-order valence-electron chi connectivity index (χ4n) is 5.20. The second-order valence-electron chi connectivity index (χ2n) is 9.72.